The van der Waals surface area contributed by atoms with Crippen LogP contribution in [0.3, 0.4) is 0 Å². The number of nitrogens with one attached hydrogen (secondary N) is 1. The Balaban J connectivity index is 1.82. The van der Waals surface area contributed by atoms with Gasteiger partial charge in [-0.3, -0.25) is 4.79 Å². The van der Waals surface area contributed by atoms with Crippen LogP contribution in [0.25, 0.3) is 0 Å². The molecule has 104 valence electrons. The molecule has 5 nitrogen and oxygen atoms in total. The minimum atomic E-state index is -0.525. The van der Waals surface area contributed by atoms with Crippen molar-refractivity contribution in [2.45, 2.75) is 32.7 Å². The first-order valence-corrected chi connectivity index (χ1v) is 6.27. The second kappa shape index (κ2) is 5.59. The first kappa shape index (κ1) is 13.8. The van der Waals surface area contributed by atoms with Crippen molar-refractivity contribution >= 4 is 11.6 Å². The van der Waals surface area contributed by atoms with E-state index in [2.05, 4.69) is 5.32 Å². The Morgan fingerprint density at radius 1 is 1.42 bits per heavy atom. The zero-order chi connectivity index (χ0) is 13.9. The van der Waals surface area contributed by atoms with Gasteiger partial charge in [0.15, 0.2) is 5.79 Å². The summed E-state index contributed by atoms with van der Waals surface area (Å²) in [5.41, 5.74) is 0.751. The van der Waals surface area contributed by atoms with Gasteiger partial charge >= 0.3 is 0 Å². The summed E-state index contributed by atoms with van der Waals surface area (Å²) in [6.45, 7) is 6.23. The van der Waals surface area contributed by atoms with E-state index in [4.69, 9.17) is 14.2 Å². The Bertz CT molecular complexity index is 441. The molecule has 1 atom stereocenters. The minimum Gasteiger partial charge on any atom is -0.491 e. The second-order valence-electron chi connectivity index (χ2n) is 4.97. The molecule has 1 saturated heterocycles. The third-order valence-electron chi connectivity index (χ3n) is 2.68. The molecule has 1 N–H and O–H groups in total. The van der Waals surface area contributed by atoms with Crippen molar-refractivity contribution in [2.24, 2.45) is 0 Å². The second-order valence-corrected chi connectivity index (χ2v) is 4.97. The lowest BCUT2D eigenvalue weighted by atomic mass is 10.3. The molecule has 0 aromatic heterocycles. The van der Waals surface area contributed by atoms with E-state index in [1.54, 1.807) is 12.1 Å². The van der Waals surface area contributed by atoms with Crippen LogP contribution in [0, 0.1) is 0 Å². The molecule has 1 fully saturated rings. The fourth-order valence-electron chi connectivity index (χ4n) is 1.87. The number of hydrogen-bond donors (Lipinski definition) is 1. The zero-order valence-electron chi connectivity index (χ0n) is 11.4. The van der Waals surface area contributed by atoms with Gasteiger partial charge < -0.3 is 19.5 Å². The van der Waals surface area contributed by atoms with Crippen LogP contribution in [-0.2, 0) is 14.3 Å². The minimum absolute atomic E-state index is 0.0509. The van der Waals surface area contributed by atoms with Gasteiger partial charge in [-0.25, -0.2) is 0 Å². The highest BCUT2D eigenvalue weighted by Crippen LogP contribution is 2.23. The quantitative estimate of drug-likeness (QED) is 0.906. The normalized spacial score (nSPS) is 21.1. The van der Waals surface area contributed by atoms with Crippen LogP contribution in [0.5, 0.6) is 5.75 Å². The molecule has 0 bridgehead atoms. The van der Waals surface area contributed by atoms with Gasteiger partial charge in [-0.2, -0.15) is 0 Å². The molecule has 0 saturated carbocycles. The van der Waals surface area contributed by atoms with Gasteiger partial charge in [0.25, 0.3) is 0 Å². The Labute approximate surface area is 112 Å². The number of carbonyl (C=O) groups is 1. The molecule has 19 heavy (non-hydrogen) atoms. The topological polar surface area (TPSA) is 56.8 Å². The maximum atomic E-state index is 10.9. The molecule has 0 aliphatic carbocycles. The fraction of sp³-hybridized carbons (Fsp3) is 0.500. The van der Waals surface area contributed by atoms with E-state index in [1.165, 1.54) is 6.92 Å². The summed E-state index contributed by atoms with van der Waals surface area (Å²) >= 11 is 0. The summed E-state index contributed by atoms with van der Waals surface area (Å²) in [7, 11) is 0. The standard InChI is InChI=1S/C14H19NO4/c1-10(16)15-11-4-6-12(7-5-11)17-8-13-9-18-14(2,3)19-13/h4-7,13H,8-9H2,1-3H3,(H,15,16). The number of amides is 1. The van der Waals surface area contributed by atoms with Gasteiger partial charge in [0.2, 0.25) is 5.91 Å². The molecule has 0 radical (unpaired) electrons. The lowest BCUT2D eigenvalue weighted by Gasteiger charge is -2.17. The Morgan fingerprint density at radius 2 is 2.11 bits per heavy atom. The first-order chi connectivity index (χ1) is 8.94. The molecular formula is C14H19NO4. The number of benzene rings is 1. The lowest BCUT2D eigenvalue weighted by molar-refractivity contribution is -0.141. The summed E-state index contributed by atoms with van der Waals surface area (Å²) in [5.74, 6) is 0.123. The van der Waals surface area contributed by atoms with Gasteiger partial charge in [-0.05, 0) is 38.1 Å². The summed E-state index contributed by atoms with van der Waals surface area (Å²) in [6.07, 6.45) is -0.0509. The van der Waals surface area contributed by atoms with Crippen LogP contribution in [0.4, 0.5) is 5.69 Å². The van der Waals surface area contributed by atoms with E-state index in [1.807, 2.05) is 26.0 Å². The van der Waals surface area contributed by atoms with E-state index in [-0.39, 0.29) is 12.0 Å². The third kappa shape index (κ3) is 4.22. The van der Waals surface area contributed by atoms with Crippen LogP contribution < -0.4 is 10.1 Å². The van der Waals surface area contributed by atoms with Crippen LogP contribution in [-0.4, -0.2) is 31.0 Å². The van der Waals surface area contributed by atoms with Crippen LogP contribution >= 0.6 is 0 Å². The van der Waals surface area contributed by atoms with E-state index in [0.29, 0.717) is 13.2 Å². The number of hydrogen-bond acceptors (Lipinski definition) is 4. The highest BCUT2D eigenvalue weighted by molar-refractivity contribution is 5.88. The van der Waals surface area contributed by atoms with Crippen molar-refractivity contribution in [2.75, 3.05) is 18.5 Å². The van der Waals surface area contributed by atoms with Gasteiger partial charge in [-0.15, -0.1) is 0 Å². The van der Waals surface area contributed by atoms with Crippen molar-refractivity contribution in [3.05, 3.63) is 24.3 Å². The first-order valence-electron chi connectivity index (χ1n) is 6.27. The summed E-state index contributed by atoms with van der Waals surface area (Å²) in [6, 6.07) is 7.22. The monoisotopic (exact) mass is 265 g/mol. The average Bonchev–Trinajstić information content (AvgIpc) is 2.67. The Hall–Kier alpha value is -1.59. The van der Waals surface area contributed by atoms with Gasteiger partial charge in [0.1, 0.15) is 18.5 Å². The molecule has 2 rings (SSSR count). The van der Waals surface area contributed by atoms with Gasteiger partial charge in [0, 0.05) is 12.6 Å². The number of anilines is 1. The SMILES string of the molecule is CC(=O)Nc1ccc(OCC2COC(C)(C)O2)cc1. The molecule has 0 spiro atoms. The van der Waals surface area contributed by atoms with Gasteiger partial charge in [0.05, 0.1) is 6.61 Å². The Kier molecular flexibility index (Phi) is 4.07. The van der Waals surface area contributed by atoms with E-state index >= 15 is 0 Å². The molecule has 1 unspecified atom stereocenters. The molecule has 1 aliphatic heterocycles. The third-order valence-corrected chi connectivity index (χ3v) is 2.68. The number of rotatable bonds is 4. The van der Waals surface area contributed by atoms with Crippen molar-refractivity contribution in [1.82, 2.24) is 0 Å². The molecular weight excluding hydrogens is 246 g/mol. The van der Waals surface area contributed by atoms with Crippen LogP contribution in [0.15, 0.2) is 24.3 Å². The molecule has 1 heterocycles. The predicted molar refractivity (Wildman–Crippen MR) is 71.1 cm³/mol. The largest absolute Gasteiger partial charge is 0.491 e. The van der Waals surface area contributed by atoms with Crippen molar-refractivity contribution < 1.29 is 19.0 Å². The molecule has 1 aliphatic rings. The maximum absolute atomic E-state index is 10.9. The summed E-state index contributed by atoms with van der Waals surface area (Å²) in [5, 5.41) is 2.70. The molecule has 5 heteroatoms. The highest BCUT2D eigenvalue weighted by Gasteiger charge is 2.32. The van der Waals surface area contributed by atoms with Crippen molar-refractivity contribution in [3.63, 3.8) is 0 Å². The average molecular weight is 265 g/mol. The predicted octanol–water partition coefficient (Wildman–Crippen LogP) is 2.18. The number of carbonyl (C=O) groups excluding carboxylic acids is 1. The van der Waals surface area contributed by atoms with Crippen LogP contribution in [0.2, 0.25) is 0 Å². The van der Waals surface area contributed by atoms with E-state index in [9.17, 15) is 4.79 Å². The maximum Gasteiger partial charge on any atom is 0.221 e. The summed E-state index contributed by atoms with van der Waals surface area (Å²) in [4.78, 5) is 10.9. The van der Waals surface area contributed by atoms with Crippen LogP contribution in [0.1, 0.15) is 20.8 Å². The Morgan fingerprint density at radius 3 is 2.63 bits per heavy atom. The van der Waals surface area contributed by atoms with E-state index in [0.717, 1.165) is 11.4 Å². The van der Waals surface area contributed by atoms with Gasteiger partial charge in [-0.1, -0.05) is 0 Å². The molecule has 1 aromatic rings. The lowest BCUT2D eigenvalue weighted by Crippen LogP contribution is -2.25. The van der Waals surface area contributed by atoms with Crippen molar-refractivity contribution in [1.29, 1.82) is 0 Å². The molecule has 1 aromatic carbocycles. The van der Waals surface area contributed by atoms with Crippen molar-refractivity contribution in [3.8, 4) is 5.75 Å². The fourth-order valence-corrected chi connectivity index (χ4v) is 1.87. The zero-order valence-corrected chi connectivity index (χ0v) is 11.4. The number of ether oxygens (including phenoxy) is 3. The van der Waals surface area contributed by atoms with E-state index < -0.39 is 5.79 Å². The smallest absolute Gasteiger partial charge is 0.221 e. The summed E-state index contributed by atoms with van der Waals surface area (Å²) < 4.78 is 16.7. The molecule has 1 amide bonds. The highest BCUT2D eigenvalue weighted by atomic mass is 16.7.